The van der Waals surface area contributed by atoms with Crippen LogP contribution in [0, 0.1) is 5.41 Å². The van der Waals surface area contributed by atoms with Crippen molar-refractivity contribution in [2.45, 2.75) is 45.0 Å². The number of carbonyl (C=O) groups excluding carboxylic acids is 1. The third kappa shape index (κ3) is 2.12. The summed E-state index contributed by atoms with van der Waals surface area (Å²) in [5.74, 6) is 0.127. The number of hydrogen-bond acceptors (Lipinski definition) is 4. The summed E-state index contributed by atoms with van der Waals surface area (Å²) in [5, 5.41) is 19.4. The number of nitrogens with one attached hydrogen (secondary N) is 1. The van der Waals surface area contributed by atoms with Crippen molar-refractivity contribution in [3.05, 3.63) is 23.0 Å². The summed E-state index contributed by atoms with van der Waals surface area (Å²) in [7, 11) is 0. The molecule has 3 N–H and O–H groups in total. The first-order valence-electron chi connectivity index (χ1n) is 6.60. The van der Waals surface area contributed by atoms with Gasteiger partial charge in [-0.1, -0.05) is 13.8 Å². The maximum absolute atomic E-state index is 12.1. The number of ketones is 1. The SMILES string of the molecule is CC1(C)CC(=O)c2cc(C3OCC(O)C3O)[nH]c2C1. The average Bonchev–Trinajstić information content (AvgIpc) is 2.83. The van der Waals surface area contributed by atoms with E-state index in [9.17, 15) is 15.0 Å². The van der Waals surface area contributed by atoms with Crippen molar-refractivity contribution < 1.29 is 19.7 Å². The third-order valence-electron chi connectivity index (χ3n) is 3.97. The first kappa shape index (κ1) is 12.8. The van der Waals surface area contributed by atoms with Crippen LogP contribution in [0.4, 0.5) is 0 Å². The van der Waals surface area contributed by atoms with Crippen LogP contribution in [0.3, 0.4) is 0 Å². The molecule has 3 atom stereocenters. The van der Waals surface area contributed by atoms with Crippen LogP contribution in [0.15, 0.2) is 6.07 Å². The predicted octanol–water partition coefficient (Wildman–Crippen LogP) is 0.963. The number of aromatic amines is 1. The van der Waals surface area contributed by atoms with Gasteiger partial charge in [-0.15, -0.1) is 0 Å². The van der Waals surface area contributed by atoms with Gasteiger partial charge in [0, 0.05) is 23.4 Å². The fraction of sp³-hybridized carbons (Fsp3) is 0.643. The van der Waals surface area contributed by atoms with Gasteiger partial charge >= 0.3 is 0 Å². The lowest BCUT2D eigenvalue weighted by Gasteiger charge is -2.27. The standard InChI is InChI=1S/C14H19NO4/c1-14(2)4-9-7(10(16)5-14)3-8(15-9)13-12(18)11(17)6-19-13/h3,11-13,15,17-18H,4-6H2,1-2H3. The molecule has 0 bridgehead atoms. The number of fused-ring (bicyclic) bond motifs is 1. The number of ether oxygens (including phenoxy) is 1. The summed E-state index contributed by atoms with van der Waals surface area (Å²) >= 11 is 0. The second kappa shape index (κ2) is 4.16. The summed E-state index contributed by atoms with van der Waals surface area (Å²) in [5.41, 5.74) is 2.25. The highest BCUT2D eigenvalue weighted by Gasteiger charge is 2.39. The quantitative estimate of drug-likeness (QED) is 0.706. The van der Waals surface area contributed by atoms with Crippen molar-refractivity contribution in [2.24, 2.45) is 5.41 Å². The normalized spacial score (nSPS) is 33.5. The van der Waals surface area contributed by atoms with E-state index in [0.717, 1.165) is 12.1 Å². The molecule has 104 valence electrons. The minimum atomic E-state index is -0.941. The van der Waals surface area contributed by atoms with Crippen LogP contribution in [0.1, 0.15) is 48.1 Å². The summed E-state index contributed by atoms with van der Waals surface area (Å²) in [6.07, 6.45) is -1.04. The lowest BCUT2D eigenvalue weighted by atomic mass is 9.76. The molecule has 1 saturated heterocycles. The number of carbonyl (C=O) groups is 1. The van der Waals surface area contributed by atoms with Crippen molar-refractivity contribution in [3.63, 3.8) is 0 Å². The van der Waals surface area contributed by atoms with Crippen LogP contribution in [0.2, 0.25) is 0 Å². The van der Waals surface area contributed by atoms with Gasteiger partial charge < -0.3 is 19.9 Å². The fourth-order valence-corrected chi connectivity index (χ4v) is 3.01. The van der Waals surface area contributed by atoms with Crippen molar-refractivity contribution >= 4 is 5.78 Å². The van der Waals surface area contributed by atoms with E-state index in [-0.39, 0.29) is 17.8 Å². The largest absolute Gasteiger partial charge is 0.388 e. The van der Waals surface area contributed by atoms with Gasteiger partial charge in [-0.3, -0.25) is 4.79 Å². The van der Waals surface area contributed by atoms with Gasteiger partial charge in [-0.25, -0.2) is 0 Å². The van der Waals surface area contributed by atoms with Crippen LogP contribution in [0.25, 0.3) is 0 Å². The van der Waals surface area contributed by atoms with Crippen molar-refractivity contribution in [2.75, 3.05) is 6.61 Å². The number of aliphatic hydroxyl groups excluding tert-OH is 2. The number of Topliss-reactive ketones (excluding diaryl/α,β-unsaturated/α-hetero) is 1. The average molecular weight is 265 g/mol. The Morgan fingerprint density at radius 1 is 1.37 bits per heavy atom. The molecule has 19 heavy (non-hydrogen) atoms. The molecule has 2 aliphatic rings. The second-order valence-electron chi connectivity index (χ2n) is 6.37. The molecule has 1 fully saturated rings. The van der Waals surface area contributed by atoms with E-state index in [1.807, 2.05) is 0 Å². The molecule has 0 saturated carbocycles. The van der Waals surface area contributed by atoms with E-state index < -0.39 is 18.3 Å². The minimum Gasteiger partial charge on any atom is -0.388 e. The molecule has 0 spiro atoms. The molecule has 0 aromatic carbocycles. The van der Waals surface area contributed by atoms with Gasteiger partial charge in [-0.2, -0.15) is 0 Å². The van der Waals surface area contributed by atoms with Crippen LogP contribution in [-0.4, -0.2) is 39.8 Å². The Morgan fingerprint density at radius 2 is 2.11 bits per heavy atom. The minimum absolute atomic E-state index is 0.0408. The topological polar surface area (TPSA) is 82.6 Å². The van der Waals surface area contributed by atoms with E-state index >= 15 is 0 Å². The van der Waals surface area contributed by atoms with E-state index in [1.165, 1.54) is 0 Å². The molecule has 1 aliphatic carbocycles. The van der Waals surface area contributed by atoms with E-state index in [1.54, 1.807) is 6.07 Å². The van der Waals surface area contributed by atoms with Gasteiger partial charge in [0.1, 0.15) is 18.3 Å². The van der Waals surface area contributed by atoms with Crippen molar-refractivity contribution in [1.29, 1.82) is 0 Å². The Bertz CT molecular complexity index is 520. The Kier molecular flexibility index (Phi) is 2.81. The second-order valence-corrected chi connectivity index (χ2v) is 6.37. The summed E-state index contributed by atoms with van der Waals surface area (Å²) in [6.45, 7) is 4.26. The van der Waals surface area contributed by atoms with E-state index in [4.69, 9.17) is 4.74 Å². The molecule has 2 heterocycles. The fourth-order valence-electron chi connectivity index (χ4n) is 3.01. The number of hydrogen-bond donors (Lipinski definition) is 3. The van der Waals surface area contributed by atoms with Gasteiger partial charge in [0.05, 0.1) is 6.61 Å². The number of aliphatic hydroxyl groups is 2. The molecule has 0 amide bonds. The molecule has 1 aromatic heterocycles. The van der Waals surface area contributed by atoms with E-state index in [0.29, 0.717) is 17.7 Å². The number of H-pyrrole nitrogens is 1. The van der Waals surface area contributed by atoms with E-state index in [2.05, 4.69) is 18.8 Å². The molecular weight excluding hydrogens is 246 g/mol. The van der Waals surface area contributed by atoms with Gasteiger partial charge in [0.2, 0.25) is 0 Å². The highest BCUT2D eigenvalue weighted by molar-refractivity contribution is 5.99. The summed E-state index contributed by atoms with van der Waals surface area (Å²) < 4.78 is 5.39. The number of rotatable bonds is 1. The molecule has 5 nitrogen and oxygen atoms in total. The molecule has 1 aliphatic heterocycles. The molecule has 5 heteroatoms. The maximum atomic E-state index is 12.1. The van der Waals surface area contributed by atoms with Crippen LogP contribution in [-0.2, 0) is 11.2 Å². The monoisotopic (exact) mass is 265 g/mol. The number of aromatic nitrogens is 1. The first-order chi connectivity index (χ1) is 8.87. The lowest BCUT2D eigenvalue weighted by molar-refractivity contribution is 0.0207. The zero-order valence-corrected chi connectivity index (χ0v) is 11.1. The molecule has 0 radical (unpaired) electrons. The van der Waals surface area contributed by atoms with Gasteiger partial charge in [-0.05, 0) is 17.9 Å². The maximum Gasteiger partial charge on any atom is 0.165 e. The lowest BCUT2D eigenvalue weighted by Crippen LogP contribution is -2.26. The van der Waals surface area contributed by atoms with Crippen molar-refractivity contribution in [3.8, 4) is 0 Å². The zero-order chi connectivity index (χ0) is 13.8. The Hall–Kier alpha value is -1.17. The molecule has 1 aromatic rings. The molecular formula is C14H19NO4. The van der Waals surface area contributed by atoms with Gasteiger partial charge in [0.25, 0.3) is 0 Å². The zero-order valence-electron chi connectivity index (χ0n) is 11.1. The van der Waals surface area contributed by atoms with Crippen LogP contribution >= 0.6 is 0 Å². The van der Waals surface area contributed by atoms with Crippen LogP contribution in [0.5, 0.6) is 0 Å². The smallest absolute Gasteiger partial charge is 0.165 e. The van der Waals surface area contributed by atoms with Crippen molar-refractivity contribution in [1.82, 2.24) is 4.98 Å². The highest BCUT2D eigenvalue weighted by atomic mass is 16.5. The Labute approximate surface area is 111 Å². The summed E-state index contributed by atoms with van der Waals surface area (Å²) in [6, 6.07) is 1.76. The molecule has 3 rings (SSSR count). The predicted molar refractivity (Wildman–Crippen MR) is 67.9 cm³/mol. The van der Waals surface area contributed by atoms with Gasteiger partial charge in [0.15, 0.2) is 5.78 Å². The first-order valence-corrected chi connectivity index (χ1v) is 6.60. The van der Waals surface area contributed by atoms with Crippen LogP contribution < -0.4 is 0 Å². The third-order valence-corrected chi connectivity index (χ3v) is 3.97. The molecule has 3 unspecified atom stereocenters. The summed E-state index contributed by atoms with van der Waals surface area (Å²) in [4.78, 5) is 15.3. The highest BCUT2D eigenvalue weighted by Crippen LogP contribution is 2.37. The Balaban J connectivity index is 1.93. The Morgan fingerprint density at radius 3 is 2.74 bits per heavy atom.